The summed E-state index contributed by atoms with van der Waals surface area (Å²) in [5.74, 6) is 0.493. The van der Waals surface area contributed by atoms with Crippen LogP contribution in [0.2, 0.25) is 5.02 Å². The lowest BCUT2D eigenvalue weighted by Crippen LogP contribution is -2.23. The van der Waals surface area contributed by atoms with Crippen LogP contribution in [0.25, 0.3) is 0 Å². The number of amides is 1. The van der Waals surface area contributed by atoms with Gasteiger partial charge in [0.2, 0.25) is 0 Å². The average Bonchev–Trinajstić information content (AvgIpc) is 2.61. The van der Waals surface area contributed by atoms with E-state index in [1.807, 2.05) is 6.92 Å². The molecule has 0 aliphatic heterocycles. The maximum absolute atomic E-state index is 12.3. The van der Waals surface area contributed by atoms with Gasteiger partial charge in [-0.1, -0.05) is 17.7 Å². The number of methoxy groups -OCH3 is 1. The molecule has 2 rings (SSSR count). The maximum Gasteiger partial charge on any atom is 0.273 e. The van der Waals surface area contributed by atoms with Gasteiger partial charge in [-0.2, -0.15) is 0 Å². The quantitative estimate of drug-likeness (QED) is 0.583. The second-order valence-electron chi connectivity index (χ2n) is 5.48. The summed E-state index contributed by atoms with van der Waals surface area (Å²) < 4.78 is 10.7. The zero-order valence-electron chi connectivity index (χ0n) is 14.7. The predicted octanol–water partition coefficient (Wildman–Crippen LogP) is 3.89. The van der Waals surface area contributed by atoms with E-state index in [1.54, 1.807) is 31.2 Å². The molecule has 0 saturated heterocycles. The molecular formula is C18H19ClN2O5. The minimum atomic E-state index is -0.511. The minimum Gasteiger partial charge on any atom is -0.493 e. The third-order valence-electron chi connectivity index (χ3n) is 3.70. The molecular weight excluding hydrogens is 360 g/mol. The maximum atomic E-state index is 12.3. The number of carbonyl (C=O) groups is 1. The molecule has 0 spiro atoms. The summed E-state index contributed by atoms with van der Waals surface area (Å²) in [5.41, 5.74) is 1.33. The van der Waals surface area contributed by atoms with Crippen molar-refractivity contribution in [3.05, 3.63) is 62.2 Å². The molecule has 138 valence electrons. The van der Waals surface area contributed by atoms with Crippen LogP contribution < -0.4 is 14.8 Å². The standard InChI is InChI=1S/C18H19ClN2O5/c1-4-26-17-14(19)7-12(8-16(17)25-3)10-20-18(22)13-6-5-11(2)15(9-13)21(23)24/h5-9H,4,10H2,1-3H3,(H,20,22). The van der Waals surface area contributed by atoms with Gasteiger partial charge in [-0.15, -0.1) is 0 Å². The van der Waals surface area contributed by atoms with E-state index in [2.05, 4.69) is 5.32 Å². The molecule has 0 heterocycles. The molecule has 0 aliphatic rings. The van der Waals surface area contributed by atoms with E-state index in [4.69, 9.17) is 21.1 Å². The fraction of sp³-hybridized carbons (Fsp3) is 0.278. The molecule has 0 radical (unpaired) electrons. The first-order chi connectivity index (χ1) is 12.4. The molecule has 0 fully saturated rings. The Hall–Kier alpha value is -2.80. The molecule has 1 N–H and O–H groups in total. The number of aryl methyl sites for hydroxylation is 1. The molecule has 0 unspecified atom stereocenters. The third-order valence-corrected chi connectivity index (χ3v) is 3.98. The van der Waals surface area contributed by atoms with Crippen LogP contribution in [0.4, 0.5) is 5.69 Å². The lowest BCUT2D eigenvalue weighted by molar-refractivity contribution is -0.385. The van der Waals surface area contributed by atoms with Crippen molar-refractivity contribution in [1.82, 2.24) is 5.32 Å². The summed E-state index contributed by atoms with van der Waals surface area (Å²) >= 11 is 6.20. The Morgan fingerprint density at radius 1 is 1.31 bits per heavy atom. The van der Waals surface area contributed by atoms with Crippen molar-refractivity contribution in [2.45, 2.75) is 20.4 Å². The Bertz CT molecular complexity index is 839. The zero-order valence-corrected chi connectivity index (χ0v) is 15.4. The molecule has 2 aromatic carbocycles. The molecule has 0 bridgehead atoms. The van der Waals surface area contributed by atoms with E-state index in [9.17, 15) is 14.9 Å². The van der Waals surface area contributed by atoms with Crippen LogP contribution in [-0.2, 0) is 6.54 Å². The largest absolute Gasteiger partial charge is 0.493 e. The Kier molecular flexibility index (Phi) is 6.41. The molecule has 2 aromatic rings. The molecule has 7 nitrogen and oxygen atoms in total. The van der Waals surface area contributed by atoms with E-state index >= 15 is 0 Å². The van der Waals surface area contributed by atoms with E-state index in [-0.39, 0.29) is 17.8 Å². The summed E-state index contributed by atoms with van der Waals surface area (Å²) in [6.45, 7) is 4.08. The SMILES string of the molecule is CCOc1c(Cl)cc(CNC(=O)c2ccc(C)c([N+](=O)[O-])c2)cc1OC. The van der Waals surface area contributed by atoms with Gasteiger partial charge in [0, 0.05) is 23.7 Å². The Balaban J connectivity index is 2.16. The predicted molar refractivity (Wildman–Crippen MR) is 98.2 cm³/mol. The van der Waals surface area contributed by atoms with Crippen molar-refractivity contribution in [3.8, 4) is 11.5 Å². The van der Waals surface area contributed by atoms with Gasteiger partial charge < -0.3 is 14.8 Å². The Morgan fingerprint density at radius 2 is 2.04 bits per heavy atom. The summed E-state index contributed by atoms with van der Waals surface area (Å²) in [6, 6.07) is 7.74. The fourth-order valence-electron chi connectivity index (χ4n) is 2.39. The van der Waals surface area contributed by atoms with Crippen LogP contribution in [-0.4, -0.2) is 24.5 Å². The number of nitrogens with zero attached hydrogens (tertiary/aromatic N) is 1. The van der Waals surface area contributed by atoms with Crippen LogP contribution in [0, 0.1) is 17.0 Å². The molecule has 1 amide bonds. The number of rotatable bonds is 7. The highest BCUT2D eigenvalue weighted by Gasteiger charge is 2.16. The number of halogens is 1. The number of carbonyl (C=O) groups excluding carboxylic acids is 1. The number of nitrogens with one attached hydrogen (secondary N) is 1. The molecule has 0 aliphatic carbocycles. The number of benzene rings is 2. The van der Waals surface area contributed by atoms with Gasteiger partial charge in [-0.3, -0.25) is 14.9 Å². The summed E-state index contributed by atoms with van der Waals surface area (Å²) in [5, 5.41) is 14.1. The van der Waals surface area contributed by atoms with Crippen molar-refractivity contribution < 1.29 is 19.2 Å². The second-order valence-corrected chi connectivity index (χ2v) is 5.89. The van der Waals surface area contributed by atoms with E-state index in [1.165, 1.54) is 13.2 Å². The first-order valence-electron chi connectivity index (χ1n) is 7.89. The summed E-state index contributed by atoms with van der Waals surface area (Å²) in [4.78, 5) is 22.8. The van der Waals surface area contributed by atoms with Gasteiger partial charge in [0.25, 0.3) is 11.6 Å². The fourth-order valence-corrected chi connectivity index (χ4v) is 2.68. The smallest absolute Gasteiger partial charge is 0.273 e. The lowest BCUT2D eigenvalue weighted by atomic mass is 10.1. The normalized spacial score (nSPS) is 10.3. The number of hydrogen-bond acceptors (Lipinski definition) is 5. The highest BCUT2D eigenvalue weighted by molar-refractivity contribution is 6.32. The number of nitro groups is 1. The van der Waals surface area contributed by atoms with E-state index in [0.717, 1.165) is 0 Å². The van der Waals surface area contributed by atoms with Gasteiger partial charge in [0.05, 0.1) is 23.7 Å². The van der Waals surface area contributed by atoms with Crippen LogP contribution in [0.15, 0.2) is 30.3 Å². The van der Waals surface area contributed by atoms with Crippen LogP contribution in [0.1, 0.15) is 28.4 Å². The summed E-state index contributed by atoms with van der Waals surface area (Å²) in [7, 11) is 1.50. The van der Waals surface area contributed by atoms with E-state index < -0.39 is 10.8 Å². The lowest BCUT2D eigenvalue weighted by Gasteiger charge is -2.13. The molecule has 0 aromatic heterocycles. The second kappa shape index (κ2) is 8.53. The topological polar surface area (TPSA) is 90.7 Å². The minimum absolute atomic E-state index is 0.0940. The molecule has 0 saturated carbocycles. The molecule has 0 atom stereocenters. The third kappa shape index (κ3) is 4.43. The zero-order chi connectivity index (χ0) is 19.3. The average molecular weight is 379 g/mol. The van der Waals surface area contributed by atoms with Gasteiger partial charge in [0.15, 0.2) is 11.5 Å². The highest BCUT2D eigenvalue weighted by atomic mass is 35.5. The van der Waals surface area contributed by atoms with Crippen molar-refractivity contribution in [3.63, 3.8) is 0 Å². The highest BCUT2D eigenvalue weighted by Crippen LogP contribution is 2.36. The van der Waals surface area contributed by atoms with Crippen molar-refractivity contribution in [2.24, 2.45) is 0 Å². The van der Waals surface area contributed by atoms with Gasteiger partial charge in [-0.25, -0.2) is 0 Å². The summed E-state index contributed by atoms with van der Waals surface area (Å²) in [6.07, 6.45) is 0. The van der Waals surface area contributed by atoms with Gasteiger partial charge >= 0.3 is 0 Å². The first-order valence-corrected chi connectivity index (χ1v) is 8.27. The van der Waals surface area contributed by atoms with Gasteiger partial charge in [0.1, 0.15) is 0 Å². The number of hydrogen-bond donors (Lipinski definition) is 1. The van der Waals surface area contributed by atoms with Crippen molar-refractivity contribution >= 4 is 23.2 Å². The van der Waals surface area contributed by atoms with Crippen LogP contribution in [0.3, 0.4) is 0 Å². The Labute approximate surface area is 156 Å². The number of nitro benzene ring substituents is 1. The van der Waals surface area contributed by atoms with E-state index in [0.29, 0.717) is 34.3 Å². The molecule has 26 heavy (non-hydrogen) atoms. The first kappa shape index (κ1) is 19.5. The Morgan fingerprint density at radius 3 is 2.65 bits per heavy atom. The number of ether oxygens (including phenoxy) is 2. The monoisotopic (exact) mass is 378 g/mol. The van der Waals surface area contributed by atoms with Crippen LogP contribution in [0.5, 0.6) is 11.5 Å². The van der Waals surface area contributed by atoms with Crippen molar-refractivity contribution in [2.75, 3.05) is 13.7 Å². The van der Waals surface area contributed by atoms with Crippen LogP contribution >= 0.6 is 11.6 Å². The van der Waals surface area contributed by atoms with Gasteiger partial charge in [-0.05, 0) is 37.6 Å². The van der Waals surface area contributed by atoms with Crippen molar-refractivity contribution in [1.29, 1.82) is 0 Å². The molecule has 8 heteroatoms.